The van der Waals surface area contributed by atoms with Crippen molar-refractivity contribution in [3.05, 3.63) is 70.6 Å². The molecular formula is C21H21ClN4O3. The zero-order chi connectivity index (χ0) is 21.0. The summed E-state index contributed by atoms with van der Waals surface area (Å²) >= 11 is 5.77. The van der Waals surface area contributed by atoms with Gasteiger partial charge in [-0.1, -0.05) is 29.8 Å². The van der Waals surface area contributed by atoms with Crippen molar-refractivity contribution in [2.45, 2.75) is 33.3 Å². The second-order valence-electron chi connectivity index (χ2n) is 6.56. The SMILES string of the molecule is Cc1nn(-c2ccccc2)c(C)c1CC(=O)O[C@H](C)C(=O)Nc1ccc(Cl)cn1. The van der Waals surface area contributed by atoms with E-state index in [1.54, 1.807) is 16.8 Å². The summed E-state index contributed by atoms with van der Waals surface area (Å²) in [5.41, 5.74) is 3.29. The fourth-order valence-corrected chi connectivity index (χ4v) is 2.98. The van der Waals surface area contributed by atoms with Crippen molar-refractivity contribution in [2.75, 3.05) is 5.32 Å². The lowest BCUT2D eigenvalue weighted by molar-refractivity contribution is -0.152. The van der Waals surface area contributed by atoms with E-state index in [4.69, 9.17) is 16.3 Å². The van der Waals surface area contributed by atoms with Crippen LogP contribution in [0, 0.1) is 13.8 Å². The number of aryl methyl sites for hydroxylation is 1. The molecule has 2 aromatic heterocycles. The second-order valence-corrected chi connectivity index (χ2v) is 6.99. The summed E-state index contributed by atoms with van der Waals surface area (Å²) in [6.07, 6.45) is 0.482. The highest BCUT2D eigenvalue weighted by Crippen LogP contribution is 2.19. The van der Waals surface area contributed by atoms with Crippen molar-refractivity contribution in [2.24, 2.45) is 0 Å². The monoisotopic (exact) mass is 412 g/mol. The topological polar surface area (TPSA) is 86.1 Å². The minimum atomic E-state index is -0.968. The first-order valence-corrected chi connectivity index (χ1v) is 9.45. The number of carbonyl (C=O) groups excluding carboxylic acids is 2. The third-order valence-corrected chi connectivity index (χ3v) is 4.64. The number of carbonyl (C=O) groups is 2. The van der Waals surface area contributed by atoms with Crippen molar-refractivity contribution in [1.82, 2.24) is 14.8 Å². The molecule has 0 aliphatic heterocycles. The number of esters is 1. The number of aromatic nitrogens is 3. The molecule has 0 saturated heterocycles. The quantitative estimate of drug-likeness (QED) is 0.624. The van der Waals surface area contributed by atoms with Gasteiger partial charge in [0.05, 0.1) is 22.8 Å². The number of ether oxygens (including phenoxy) is 1. The standard InChI is InChI=1S/C21H21ClN4O3/c1-13-18(14(2)26(25-13)17-7-5-4-6-8-17)11-20(27)29-15(3)21(28)24-19-10-9-16(22)12-23-19/h4-10,12,15H,11H2,1-3H3,(H,23,24,28)/t15-/m1/s1. The molecule has 0 aliphatic carbocycles. The first-order valence-electron chi connectivity index (χ1n) is 9.07. The van der Waals surface area contributed by atoms with Crippen molar-refractivity contribution < 1.29 is 14.3 Å². The fraction of sp³-hybridized carbons (Fsp3) is 0.238. The zero-order valence-corrected chi connectivity index (χ0v) is 17.1. The van der Waals surface area contributed by atoms with Gasteiger partial charge in [-0.3, -0.25) is 9.59 Å². The van der Waals surface area contributed by atoms with Crippen LogP contribution in [0.1, 0.15) is 23.9 Å². The summed E-state index contributed by atoms with van der Waals surface area (Å²) in [7, 11) is 0. The molecule has 0 radical (unpaired) electrons. The number of anilines is 1. The number of benzene rings is 1. The van der Waals surface area contributed by atoms with E-state index in [1.807, 2.05) is 44.2 Å². The molecule has 0 saturated carbocycles. The Labute approximate surface area is 173 Å². The van der Waals surface area contributed by atoms with Crippen LogP contribution >= 0.6 is 11.6 Å². The van der Waals surface area contributed by atoms with Crippen LogP contribution in [0.3, 0.4) is 0 Å². The molecule has 8 heteroatoms. The minimum absolute atomic E-state index is 0.0291. The maximum Gasteiger partial charge on any atom is 0.311 e. The third kappa shape index (κ3) is 5.00. The summed E-state index contributed by atoms with van der Waals surface area (Å²) in [5.74, 6) is -0.643. The Morgan fingerprint density at radius 2 is 1.90 bits per heavy atom. The van der Waals surface area contributed by atoms with E-state index in [2.05, 4.69) is 15.4 Å². The lowest BCUT2D eigenvalue weighted by Crippen LogP contribution is -2.30. The molecule has 29 heavy (non-hydrogen) atoms. The number of nitrogens with zero attached hydrogens (tertiary/aromatic N) is 3. The number of rotatable bonds is 6. The molecule has 1 atom stereocenters. The number of hydrogen-bond donors (Lipinski definition) is 1. The lowest BCUT2D eigenvalue weighted by Gasteiger charge is -2.13. The van der Waals surface area contributed by atoms with Crippen LogP contribution < -0.4 is 5.32 Å². The Hall–Kier alpha value is -3.19. The molecule has 1 aromatic carbocycles. The Morgan fingerprint density at radius 1 is 1.17 bits per heavy atom. The number of pyridine rings is 1. The number of para-hydroxylation sites is 1. The minimum Gasteiger partial charge on any atom is -0.452 e. The van der Waals surface area contributed by atoms with E-state index in [-0.39, 0.29) is 6.42 Å². The predicted molar refractivity (Wildman–Crippen MR) is 110 cm³/mol. The van der Waals surface area contributed by atoms with Gasteiger partial charge in [0.15, 0.2) is 6.10 Å². The highest BCUT2D eigenvalue weighted by Gasteiger charge is 2.21. The second kappa shape index (κ2) is 8.87. The molecule has 3 aromatic rings. The molecular weight excluding hydrogens is 392 g/mol. The molecule has 0 spiro atoms. The van der Waals surface area contributed by atoms with E-state index in [0.29, 0.717) is 10.8 Å². The molecule has 1 amide bonds. The average molecular weight is 413 g/mol. The molecule has 0 fully saturated rings. The van der Waals surface area contributed by atoms with Crippen LogP contribution in [0.2, 0.25) is 5.02 Å². The van der Waals surface area contributed by atoms with Gasteiger partial charge in [0.1, 0.15) is 5.82 Å². The Kier molecular flexibility index (Phi) is 6.29. The first-order chi connectivity index (χ1) is 13.8. The van der Waals surface area contributed by atoms with Crippen molar-refractivity contribution in [3.8, 4) is 5.69 Å². The number of hydrogen-bond acceptors (Lipinski definition) is 5. The van der Waals surface area contributed by atoms with Crippen LogP contribution in [-0.4, -0.2) is 32.7 Å². The number of halogens is 1. The Balaban J connectivity index is 1.64. The summed E-state index contributed by atoms with van der Waals surface area (Å²) in [6.45, 7) is 5.26. The number of nitrogens with one attached hydrogen (secondary N) is 1. The summed E-state index contributed by atoms with van der Waals surface area (Å²) < 4.78 is 7.09. The van der Waals surface area contributed by atoms with Gasteiger partial charge in [-0.25, -0.2) is 9.67 Å². The molecule has 7 nitrogen and oxygen atoms in total. The van der Waals surface area contributed by atoms with Gasteiger partial charge >= 0.3 is 5.97 Å². The molecule has 0 unspecified atom stereocenters. The highest BCUT2D eigenvalue weighted by atomic mass is 35.5. The van der Waals surface area contributed by atoms with Gasteiger partial charge < -0.3 is 10.1 Å². The van der Waals surface area contributed by atoms with Gasteiger partial charge in [-0.15, -0.1) is 0 Å². The fourth-order valence-electron chi connectivity index (χ4n) is 2.87. The average Bonchev–Trinajstić information content (AvgIpc) is 2.98. The summed E-state index contributed by atoms with van der Waals surface area (Å²) in [4.78, 5) is 28.6. The van der Waals surface area contributed by atoms with E-state index in [1.165, 1.54) is 13.1 Å². The van der Waals surface area contributed by atoms with Crippen LogP contribution in [0.5, 0.6) is 0 Å². The van der Waals surface area contributed by atoms with Crippen molar-refractivity contribution in [3.63, 3.8) is 0 Å². The molecule has 2 heterocycles. The van der Waals surface area contributed by atoms with Crippen molar-refractivity contribution in [1.29, 1.82) is 0 Å². The van der Waals surface area contributed by atoms with E-state index in [9.17, 15) is 9.59 Å². The smallest absolute Gasteiger partial charge is 0.311 e. The van der Waals surface area contributed by atoms with Crippen molar-refractivity contribution >= 4 is 29.3 Å². The summed E-state index contributed by atoms with van der Waals surface area (Å²) in [6, 6.07) is 12.8. The number of amides is 1. The molecule has 0 aliphatic rings. The molecule has 1 N–H and O–H groups in total. The lowest BCUT2D eigenvalue weighted by atomic mass is 10.1. The molecule has 0 bridgehead atoms. The Morgan fingerprint density at radius 3 is 2.55 bits per heavy atom. The molecule has 3 rings (SSSR count). The van der Waals surface area contributed by atoms with Gasteiger partial charge in [0, 0.05) is 17.5 Å². The Bertz CT molecular complexity index is 1020. The maximum absolute atomic E-state index is 12.4. The van der Waals surface area contributed by atoms with Gasteiger partial charge in [-0.05, 0) is 45.0 Å². The van der Waals surface area contributed by atoms with Crippen LogP contribution in [0.4, 0.5) is 5.82 Å². The van der Waals surface area contributed by atoms with E-state index in [0.717, 1.165) is 22.6 Å². The normalized spacial score (nSPS) is 11.7. The van der Waals surface area contributed by atoms with Crippen LogP contribution in [0.25, 0.3) is 5.69 Å². The predicted octanol–water partition coefficient (Wildman–Crippen LogP) is 3.65. The maximum atomic E-state index is 12.4. The van der Waals surface area contributed by atoms with Gasteiger partial charge in [0.25, 0.3) is 5.91 Å². The summed E-state index contributed by atoms with van der Waals surface area (Å²) in [5, 5.41) is 7.57. The third-order valence-electron chi connectivity index (χ3n) is 4.42. The van der Waals surface area contributed by atoms with E-state index < -0.39 is 18.0 Å². The van der Waals surface area contributed by atoms with E-state index >= 15 is 0 Å². The molecule has 150 valence electrons. The largest absolute Gasteiger partial charge is 0.452 e. The first kappa shape index (κ1) is 20.5. The van der Waals surface area contributed by atoms with Crippen LogP contribution in [0.15, 0.2) is 48.7 Å². The zero-order valence-electron chi connectivity index (χ0n) is 16.3. The van der Waals surface area contributed by atoms with Crippen LogP contribution in [-0.2, 0) is 20.7 Å². The van der Waals surface area contributed by atoms with Gasteiger partial charge in [-0.2, -0.15) is 5.10 Å². The highest BCUT2D eigenvalue weighted by molar-refractivity contribution is 6.30. The van der Waals surface area contributed by atoms with Gasteiger partial charge in [0.2, 0.25) is 0 Å².